The van der Waals surface area contributed by atoms with E-state index in [0.717, 1.165) is 30.7 Å². The van der Waals surface area contributed by atoms with Crippen LogP contribution in [-0.2, 0) is 6.54 Å². The van der Waals surface area contributed by atoms with Crippen LogP contribution in [0.25, 0.3) is 0 Å². The highest BCUT2D eigenvalue weighted by molar-refractivity contribution is 5.14. The van der Waals surface area contributed by atoms with Crippen molar-refractivity contribution in [3.05, 3.63) is 11.9 Å². The molecular weight excluding hydrogens is 224 g/mol. The van der Waals surface area contributed by atoms with E-state index in [-0.39, 0.29) is 0 Å². The number of aromatic nitrogens is 3. The highest BCUT2D eigenvalue weighted by Gasteiger charge is 2.54. The van der Waals surface area contributed by atoms with E-state index in [4.69, 9.17) is 0 Å². The minimum atomic E-state index is 0.458. The third kappa shape index (κ3) is 1.96. The highest BCUT2D eigenvalue weighted by Crippen LogP contribution is 2.60. The van der Waals surface area contributed by atoms with Crippen molar-refractivity contribution >= 4 is 0 Å². The summed E-state index contributed by atoms with van der Waals surface area (Å²) >= 11 is 0. The minimum absolute atomic E-state index is 0.458. The van der Waals surface area contributed by atoms with Gasteiger partial charge in [0.2, 0.25) is 0 Å². The molecule has 0 saturated heterocycles. The van der Waals surface area contributed by atoms with Gasteiger partial charge in [0, 0.05) is 6.54 Å². The van der Waals surface area contributed by atoms with Crippen LogP contribution in [0.3, 0.4) is 0 Å². The van der Waals surface area contributed by atoms with E-state index < -0.39 is 0 Å². The van der Waals surface area contributed by atoms with Crippen molar-refractivity contribution in [2.75, 3.05) is 7.05 Å². The first-order valence-corrected chi connectivity index (χ1v) is 7.42. The molecule has 0 aromatic carbocycles. The SMILES string of the molecule is CCCn1nncc1C(NC)C1C2CCCCC21. The summed E-state index contributed by atoms with van der Waals surface area (Å²) < 4.78 is 2.09. The number of nitrogens with zero attached hydrogens (tertiary/aromatic N) is 3. The van der Waals surface area contributed by atoms with E-state index in [1.165, 1.54) is 31.4 Å². The predicted octanol–water partition coefficient (Wildman–Crippen LogP) is 2.38. The molecule has 4 heteroatoms. The summed E-state index contributed by atoms with van der Waals surface area (Å²) in [6, 6.07) is 0.458. The second-order valence-electron chi connectivity index (χ2n) is 5.84. The Balaban J connectivity index is 1.78. The van der Waals surface area contributed by atoms with Gasteiger partial charge in [-0.25, -0.2) is 4.68 Å². The summed E-state index contributed by atoms with van der Waals surface area (Å²) in [5, 5.41) is 11.9. The zero-order chi connectivity index (χ0) is 12.5. The van der Waals surface area contributed by atoms with Crippen LogP contribution in [-0.4, -0.2) is 22.0 Å². The number of rotatable bonds is 5. The maximum Gasteiger partial charge on any atom is 0.0759 e. The summed E-state index contributed by atoms with van der Waals surface area (Å²) in [6.45, 7) is 3.17. The van der Waals surface area contributed by atoms with Crippen LogP contribution in [0, 0.1) is 17.8 Å². The first-order valence-electron chi connectivity index (χ1n) is 7.42. The molecular formula is C14H24N4. The average Bonchev–Trinajstić information content (AvgIpc) is 2.93. The van der Waals surface area contributed by atoms with Crippen molar-refractivity contribution in [1.82, 2.24) is 20.3 Å². The summed E-state index contributed by atoms with van der Waals surface area (Å²) in [4.78, 5) is 0. The Morgan fingerprint density at radius 2 is 2.11 bits per heavy atom. The van der Waals surface area contributed by atoms with E-state index in [0.29, 0.717) is 6.04 Å². The standard InChI is InChI=1S/C14H24N4/c1-3-8-18-12(9-16-17-18)14(15-2)13-10-6-4-5-7-11(10)13/h9-11,13-15H,3-8H2,1-2H3. The first-order chi connectivity index (χ1) is 8.86. The monoisotopic (exact) mass is 248 g/mol. The van der Waals surface area contributed by atoms with Gasteiger partial charge in [-0.15, -0.1) is 5.10 Å². The molecule has 3 rings (SSSR count). The van der Waals surface area contributed by atoms with Gasteiger partial charge in [-0.1, -0.05) is 25.0 Å². The van der Waals surface area contributed by atoms with Crippen LogP contribution in [0.4, 0.5) is 0 Å². The molecule has 0 radical (unpaired) electrons. The summed E-state index contributed by atoms with van der Waals surface area (Å²) in [7, 11) is 2.08. The van der Waals surface area contributed by atoms with E-state index in [9.17, 15) is 0 Å². The molecule has 3 unspecified atom stereocenters. The fourth-order valence-electron chi connectivity index (χ4n) is 3.97. The molecule has 0 amide bonds. The number of hydrogen-bond acceptors (Lipinski definition) is 3. The topological polar surface area (TPSA) is 42.7 Å². The van der Waals surface area contributed by atoms with E-state index in [1.807, 2.05) is 6.20 Å². The molecule has 1 aromatic rings. The molecule has 1 heterocycles. The molecule has 1 N–H and O–H groups in total. The normalized spacial score (nSPS) is 32.0. The van der Waals surface area contributed by atoms with Crippen LogP contribution in [0.2, 0.25) is 0 Å². The van der Waals surface area contributed by atoms with Gasteiger partial charge in [0.15, 0.2) is 0 Å². The van der Waals surface area contributed by atoms with Crippen molar-refractivity contribution in [2.45, 2.75) is 51.6 Å². The smallest absolute Gasteiger partial charge is 0.0759 e. The Kier molecular flexibility index (Phi) is 3.37. The quantitative estimate of drug-likeness (QED) is 0.870. The molecule has 4 nitrogen and oxygen atoms in total. The van der Waals surface area contributed by atoms with Gasteiger partial charge in [0.05, 0.1) is 17.9 Å². The second-order valence-corrected chi connectivity index (χ2v) is 5.84. The first kappa shape index (κ1) is 12.2. The molecule has 0 aliphatic heterocycles. The fraction of sp³-hybridized carbons (Fsp3) is 0.857. The fourth-order valence-corrected chi connectivity index (χ4v) is 3.97. The maximum absolute atomic E-state index is 4.23. The molecule has 3 atom stereocenters. The van der Waals surface area contributed by atoms with Crippen LogP contribution in [0.5, 0.6) is 0 Å². The number of aryl methyl sites for hydroxylation is 1. The lowest BCUT2D eigenvalue weighted by Crippen LogP contribution is -2.23. The van der Waals surface area contributed by atoms with Gasteiger partial charge in [0.25, 0.3) is 0 Å². The van der Waals surface area contributed by atoms with E-state index in [2.05, 4.69) is 34.3 Å². The van der Waals surface area contributed by atoms with Gasteiger partial charge < -0.3 is 5.32 Å². The Morgan fingerprint density at radius 3 is 2.72 bits per heavy atom. The van der Waals surface area contributed by atoms with Crippen LogP contribution in [0.1, 0.15) is 50.8 Å². The van der Waals surface area contributed by atoms with Crippen molar-refractivity contribution < 1.29 is 0 Å². The van der Waals surface area contributed by atoms with Crippen LogP contribution < -0.4 is 5.32 Å². The molecule has 2 fully saturated rings. The molecule has 1 aromatic heterocycles. The van der Waals surface area contributed by atoms with Gasteiger partial charge >= 0.3 is 0 Å². The molecule has 0 bridgehead atoms. The largest absolute Gasteiger partial charge is 0.311 e. The Hall–Kier alpha value is -0.900. The van der Waals surface area contributed by atoms with Crippen molar-refractivity contribution in [1.29, 1.82) is 0 Å². The van der Waals surface area contributed by atoms with Crippen LogP contribution >= 0.6 is 0 Å². The summed E-state index contributed by atoms with van der Waals surface area (Å²) in [5.41, 5.74) is 1.29. The number of hydrogen-bond donors (Lipinski definition) is 1. The van der Waals surface area contributed by atoms with Gasteiger partial charge in [-0.3, -0.25) is 0 Å². The van der Waals surface area contributed by atoms with Crippen molar-refractivity contribution in [3.8, 4) is 0 Å². The average molecular weight is 248 g/mol. The number of fused-ring (bicyclic) bond motifs is 1. The van der Waals surface area contributed by atoms with E-state index >= 15 is 0 Å². The van der Waals surface area contributed by atoms with Gasteiger partial charge in [-0.05, 0) is 44.1 Å². The summed E-state index contributed by atoms with van der Waals surface area (Å²) in [5.74, 6) is 2.74. The third-order valence-corrected chi connectivity index (χ3v) is 4.82. The molecule has 2 aliphatic carbocycles. The lowest BCUT2D eigenvalue weighted by molar-refractivity contribution is 0.431. The zero-order valence-electron chi connectivity index (χ0n) is 11.5. The van der Waals surface area contributed by atoms with Crippen molar-refractivity contribution in [2.24, 2.45) is 17.8 Å². The second kappa shape index (κ2) is 5.00. The lowest BCUT2D eigenvalue weighted by Gasteiger charge is -2.17. The van der Waals surface area contributed by atoms with Gasteiger partial charge in [0.1, 0.15) is 0 Å². The zero-order valence-corrected chi connectivity index (χ0v) is 11.5. The molecule has 2 aliphatic rings. The Labute approximate surface area is 109 Å². The minimum Gasteiger partial charge on any atom is -0.311 e. The highest BCUT2D eigenvalue weighted by atomic mass is 15.4. The molecule has 18 heavy (non-hydrogen) atoms. The molecule has 0 spiro atoms. The molecule has 100 valence electrons. The van der Waals surface area contributed by atoms with Crippen molar-refractivity contribution in [3.63, 3.8) is 0 Å². The third-order valence-electron chi connectivity index (χ3n) is 4.82. The van der Waals surface area contributed by atoms with Crippen LogP contribution in [0.15, 0.2) is 6.20 Å². The maximum atomic E-state index is 4.23. The predicted molar refractivity (Wildman–Crippen MR) is 71.1 cm³/mol. The lowest BCUT2D eigenvalue weighted by atomic mass is 10.0. The van der Waals surface area contributed by atoms with Gasteiger partial charge in [-0.2, -0.15) is 0 Å². The van der Waals surface area contributed by atoms with E-state index in [1.54, 1.807) is 0 Å². The molecule has 2 saturated carbocycles. The Bertz CT molecular complexity index is 388. The summed E-state index contributed by atoms with van der Waals surface area (Å²) in [6.07, 6.45) is 8.80. The Morgan fingerprint density at radius 1 is 1.39 bits per heavy atom. The number of nitrogens with one attached hydrogen (secondary N) is 1.